The highest BCUT2D eigenvalue weighted by Crippen LogP contribution is 2.06. The van der Waals surface area contributed by atoms with Gasteiger partial charge in [0.2, 0.25) is 11.8 Å². The first-order valence-electron chi connectivity index (χ1n) is 6.27. The summed E-state index contributed by atoms with van der Waals surface area (Å²) in [5, 5.41) is 8.99. The highest BCUT2D eigenvalue weighted by atomic mass is 16.5. The molecule has 0 aliphatic rings. The summed E-state index contributed by atoms with van der Waals surface area (Å²) in [6, 6.07) is 1.64. The van der Waals surface area contributed by atoms with E-state index in [1.54, 1.807) is 17.9 Å². The lowest BCUT2D eigenvalue weighted by Crippen LogP contribution is -2.41. The lowest BCUT2D eigenvalue weighted by Gasteiger charge is -2.18. The summed E-state index contributed by atoms with van der Waals surface area (Å²) in [7, 11) is 0. The molecule has 1 aromatic rings. The predicted octanol–water partition coefficient (Wildman–Crippen LogP) is 0.380. The molecule has 0 unspecified atom stereocenters. The maximum absolute atomic E-state index is 11.8. The van der Waals surface area contributed by atoms with E-state index >= 15 is 0 Å². The summed E-state index contributed by atoms with van der Waals surface area (Å²) in [5.74, 6) is 0.704. The van der Waals surface area contributed by atoms with Crippen LogP contribution in [0.25, 0.3) is 0 Å². The van der Waals surface area contributed by atoms with Gasteiger partial charge in [0.1, 0.15) is 5.76 Å². The molecular weight excluding hydrogens is 248 g/mol. The molecule has 0 atom stereocenters. The van der Waals surface area contributed by atoms with Gasteiger partial charge in [-0.3, -0.25) is 14.5 Å². The summed E-state index contributed by atoms with van der Waals surface area (Å²) in [6.45, 7) is 7.04. The van der Waals surface area contributed by atoms with Crippen LogP contribution >= 0.6 is 0 Å². The Balaban J connectivity index is 2.42. The molecule has 0 aliphatic carbocycles. The summed E-state index contributed by atoms with van der Waals surface area (Å²) in [4.78, 5) is 25.0. The van der Waals surface area contributed by atoms with E-state index in [4.69, 9.17) is 4.52 Å². The Bertz CT molecular complexity index is 430. The van der Waals surface area contributed by atoms with E-state index in [1.807, 2.05) is 13.8 Å². The van der Waals surface area contributed by atoms with Crippen LogP contribution in [0.5, 0.6) is 0 Å². The molecule has 2 amide bonds. The molecule has 0 aliphatic heterocycles. The Morgan fingerprint density at radius 3 is 2.53 bits per heavy atom. The Kier molecular flexibility index (Phi) is 6.01. The Morgan fingerprint density at radius 1 is 1.32 bits per heavy atom. The van der Waals surface area contributed by atoms with Gasteiger partial charge >= 0.3 is 0 Å². The molecule has 7 heteroatoms. The van der Waals surface area contributed by atoms with Crippen molar-refractivity contribution in [3.63, 3.8) is 0 Å². The number of hydrogen-bond acceptors (Lipinski definition) is 5. The first-order chi connectivity index (χ1) is 9.05. The number of carbonyl (C=O) groups is 2. The number of likely N-dealkylation sites (N-methyl/N-ethyl adjacent to an activating group) is 2. The third-order valence-corrected chi connectivity index (χ3v) is 2.45. The van der Waals surface area contributed by atoms with Gasteiger partial charge in [0.25, 0.3) is 0 Å². The van der Waals surface area contributed by atoms with Crippen LogP contribution in [-0.2, 0) is 9.59 Å². The third-order valence-electron chi connectivity index (χ3n) is 2.45. The molecule has 19 heavy (non-hydrogen) atoms. The van der Waals surface area contributed by atoms with E-state index in [9.17, 15) is 9.59 Å². The average molecular weight is 268 g/mol. The summed E-state index contributed by atoms with van der Waals surface area (Å²) in [6.07, 6.45) is 0. The molecule has 1 rings (SSSR count). The number of carbonyl (C=O) groups excluding carboxylic acids is 2. The van der Waals surface area contributed by atoms with E-state index in [1.165, 1.54) is 0 Å². The topological polar surface area (TPSA) is 87.5 Å². The molecule has 0 fully saturated rings. The average Bonchev–Trinajstić information content (AvgIpc) is 2.74. The summed E-state index contributed by atoms with van der Waals surface area (Å²) >= 11 is 0. The first-order valence-corrected chi connectivity index (χ1v) is 6.27. The number of aromatic nitrogens is 1. The van der Waals surface area contributed by atoms with Crippen LogP contribution in [0.4, 0.5) is 5.82 Å². The Morgan fingerprint density at radius 2 is 2.00 bits per heavy atom. The minimum atomic E-state index is -0.223. The SMILES string of the molecule is CCNC(=O)CN(CC)CC(=O)Nc1cc(C)on1. The molecule has 2 N–H and O–H groups in total. The zero-order valence-corrected chi connectivity index (χ0v) is 11.5. The van der Waals surface area contributed by atoms with Crippen LogP contribution in [0, 0.1) is 6.92 Å². The second kappa shape index (κ2) is 7.52. The Labute approximate surface area is 112 Å². The van der Waals surface area contributed by atoms with E-state index in [0.29, 0.717) is 24.7 Å². The van der Waals surface area contributed by atoms with Gasteiger partial charge in [-0.15, -0.1) is 0 Å². The van der Waals surface area contributed by atoms with Gasteiger partial charge in [0, 0.05) is 12.6 Å². The van der Waals surface area contributed by atoms with Gasteiger partial charge in [-0.2, -0.15) is 0 Å². The van der Waals surface area contributed by atoms with Crippen LogP contribution in [-0.4, -0.2) is 48.0 Å². The molecular formula is C12H20N4O3. The van der Waals surface area contributed by atoms with E-state index in [-0.39, 0.29) is 24.9 Å². The predicted molar refractivity (Wildman–Crippen MR) is 70.7 cm³/mol. The van der Waals surface area contributed by atoms with Gasteiger partial charge < -0.3 is 15.2 Å². The lowest BCUT2D eigenvalue weighted by molar-refractivity contribution is -0.123. The molecule has 0 saturated heterocycles. The van der Waals surface area contributed by atoms with Gasteiger partial charge in [0.05, 0.1) is 13.1 Å². The fourth-order valence-electron chi connectivity index (χ4n) is 1.55. The molecule has 1 aromatic heterocycles. The minimum Gasteiger partial charge on any atom is -0.360 e. The molecule has 7 nitrogen and oxygen atoms in total. The van der Waals surface area contributed by atoms with Crippen LogP contribution in [0.15, 0.2) is 10.6 Å². The van der Waals surface area contributed by atoms with E-state index in [0.717, 1.165) is 0 Å². The van der Waals surface area contributed by atoms with Crippen molar-refractivity contribution >= 4 is 17.6 Å². The normalized spacial score (nSPS) is 10.5. The van der Waals surface area contributed by atoms with Crippen LogP contribution in [0.3, 0.4) is 0 Å². The van der Waals surface area contributed by atoms with Crippen molar-refractivity contribution in [1.29, 1.82) is 0 Å². The maximum atomic E-state index is 11.8. The molecule has 0 saturated carbocycles. The van der Waals surface area contributed by atoms with Crippen molar-refractivity contribution in [3.05, 3.63) is 11.8 Å². The van der Waals surface area contributed by atoms with E-state index in [2.05, 4.69) is 15.8 Å². The summed E-state index contributed by atoms with van der Waals surface area (Å²) < 4.78 is 4.85. The quantitative estimate of drug-likeness (QED) is 0.746. The van der Waals surface area contributed by atoms with Crippen molar-refractivity contribution in [3.8, 4) is 0 Å². The lowest BCUT2D eigenvalue weighted by atomic mass is 10.4. The van der Waals surface area contributed by atoms with Crippen molar-refractivity contribution in [2.24, 2.45) is 0 Å². The van der Waals surface area contributed by atoms with Crippen molar-refractivity contribution in [2.75, 3.05) is 31.5 Å². The number of hydrogen-bond donors (Lipinski definition) is 2. The number of nitrogens with one attached hydrogen (secondary N) is 2. The second-order valence-electron chi connectivity index (χ2n) is 4.13. The van der Waals surface area contributed by atoms with Gasteiger partial charge in [-0.25, -0.2) is 0 Å². The van der Waals surface area contributed by atoms with Crippen molar-refractivity contribution < 1.29 is 14.1 Å². The highest BCUT2D eigenvalue weighted by molar-refractivity contribution is 5.91. The zero-order chi connectivity index (χ0) is 14.3. The molecule has 0 aromatic carbocycles. The smallest absolute Gasteiger partial charge is 0.239 e. The maximum Gasteiger partial charge on any atom is 0.239 e. The molecule has 1 heterocycles. The summed E-state index contributed by atoms with van der Waals surface area (Å²) in [5.41, 5.74) is 0. The number of rotatable bonds is 7. The van der Waals surface area contributed by atoms with Gasteiger partial charge in [-0.05, 0) is 20.4 Å². The van der Waals surface area contributed by atoms with E-state index < -0.39 is 0 Å². The monoisotopic (exact) mass is 268 g/mol. The largest absolute Gasteiger partial charge is 0.360 e. The number of anilines is 1. The third kappa shape index (κ3) is 5.52. The fourth-order valence-corrected chi connectivity index (χ4v) is 1.55. The van der Waals surface area contributed by atoms with Crippen LogP contribution in [0.1, 0.15) is 19.6 Å². The fraction of sp³-hybridized carbons (Fsp3) is 0.583. The van der Waals surface area contributed by atoms with Gasteiger partial charge in [0.15, 0.2) is 5.82 Å². The molecule has 0 radical (unpaired) electrons. The van der Waals surface area contributed by atoms with Crippen LogP contribution < -0.4 is 10.6 Å². The molecule has 0 spiro atoms. The minimum absolute atomic E-state index is 0.0885. The van der Waals surface area contributed by atoms with Gasteiger partial charge in [-0.1, -0.05) is 12.1 Å². The van der Waals surface area contributed by atoms with Crippen LogP contribution in [0.2, 0.25) is 0 Å². The zero-order valence-electron chi connectivity index (χ0n) is 11.5. The number of aryl methyl sites for hydroxylation is 1. The van der Waals surface area contributed by atoms with Crippen molar-refractivity contribution in [2.45, 2.75) is 20.8 Å². The Hall–Kier alpha value is -1.89. The van der Waals surface area contributed by atoms with Crippen molar-refractivity contribution in [1.82, 2.24) is 15.4 Å². The second-order valence-corrected chi connectivity index (χ2v) is 4.13. The number of amides is 2. The molecule has 0 bridgehead atoms. The molecule has 106 valence electrons. The standard InChI is InChI=1S/C12H20N4O3/c1-4-13-11(17)7-16(5-2)8-12(18)14-10-6-9(3)19-15-10/h6H,4-5,7-8H2,1-3H3,(H,13,17)(H,14,15,18). The highest BCUT2D eigenvalue weighted by Gasteiger charge is 2.13. The first kappa shape index (κ1) is 15.2. The number of nitrogens with zero attached hydrogens (tertiary/aromatic N) is 2.